The topological polar surface area (TPSA) is 110 Å². The molecule has 3 amide bonds. The van der Waals surface area contributed by atoms with Crippen LogP contribution in [-0.4, -0.2) is 45.0 Å². The molecule has 1 heterocycles. The summed E-state index contributed by atoms with van der Waals surface area (Å²) < 4.78 is 15.8. The number of carbonyl (C=O) groups excluding carboxylic acids is 3. The van der Waals surface area contributed by atoms with E-state index in [1.54, 1.807) is 30.3 Å². The quantitative estimate of drug-likeness (QED) is 0.533. The third kappa shape index (κ3) is 4.43. The monoisotopic (exact) mass is 487 g/mol. The Labute approximate surface area is 185 Å². The number of amides is 3. The minimum absolute atomic E-state index is 0.0340. The zero-order valence-corrected chi connectivity index (χ0v) is 17.9. The van der Waals surface area contributed by atoms with Gasteiger partial charge >= 0.3 is 0 Å². The fourth-order valence-corrected chi connectivity index (χ4v) is 3.77. The van der Waals surface area contributed by atoms with Crippen molar-refractivity contribution < 1.29 is 18.8 Å². The summed E-state index contributed by atoms with van der Waals surface area (Å²) in [6.07, 6.45) is 1.58. The average Bonchev–Trinajstić information content (AvgIpc) is 3.51. The lowest BCUT2D eigenvalue weighted by atomic mass is 10.2. The molecule has 31 heavy (non-hydrogen) atoms. The van der Waals surface area contributed by atoms with E-state index in [1.807, 2.05) is 0 Å². The molecule has 2 aromatic carbocycles. The van der Waals surface area contributed by atoms with Crippen molar-refractivity contribution in [3.8, 4) is 0 Å². The van der Waals surface area contributed by atoms with Crippen LogP contribution in [0.5, 0.6) is 0 Å². The fourth-order valence-electron chi connectivity index (χ4n) is 3.40. The number of carbonyl (C=O) groups is 3. The molecule has 1 aliphatic carbocycles. The Bertz CT molecular complexity index is 1190. The van der Waals surface area contributed by atoms with Crippen LogP contribution >= 0.6 is 15.9 Å². The number of hydrogen-bond donors (Lipinski definition) is 2. The molecule has 0 unspecified atom stereocenters. The van der Waals surface area contributed by atoms with E-state index in [9.17, 15) is 18.8 Å². The van der Waals surface area contributed by atoms with Crippen LogP contribution in [0.4, 0.5) is 10.1 Å². The van der Waals surface area contributed by atoms with Crippen molar-refractivity contribution in [2.75, 3.05) is 11.9 Å². The molecule has 1 saturated carbocycles. The van der Waals surface area contributed by atoms with Crippen LogP contribution in [0.25, 0.3) is 10.9 Å². The number of fused-ring (bicyclic) bond motifs is 1. The highest BCUT2D eigenvalue weighted by Crippen LogP contribution is 2.28. The summed E-state index contributed by atoms with van der Waals surface area (Å²) in [5.74, 6) is -2.09. The zero-order valence-electron chi connectivity index (χ0n) is 16.3. The van der Waals surface area contributed by atoms with Crippen LogP contribution in [0, 0.1) is 5.82 Å². The summed E-state index contributed by atoms with van der Waals surface area (Å²) in [6, 6.07) is 11.5. The number of nitrogens with two attached hydrogens (primary N) is 1. The number of para-hydroxylation sites is 1. The molecule has 0 aliphatic heterocycles. The van der Waals surface area contributed by atoms with Crippen LogP contribution in [0.1, 0.15) is 23.3 Å². The fraction of sp³-hybridized carbons (Fsp3) is 0.238. The molecule has 0 spiro atoms. The zero-order chi connectivity index (χ0) is 22.1. The second-order valence-electron chi connectivity index (χ2n) is 7.29. The SMILES string of the molecule is NC(=O)c1nn(CC(=O)N(CC(=O)Nc2cccc(Br)c2F)C2CC2)c2ccccc12. The van der Waals surface area contributed by atoms with Crippen molar-refractivity contribution in [2.45, 2.75) is 25.4 Å². The molecule has 3 aromatic rings. The predicted octanol–water partition coefficient (Wildman–Crippen LogP) is 2.67. The van der Waals surface area contributed by atoms with Gasteiger partial charge in [-0.05, 0) is 47.0 Å². The molecule has 0 bridgehead atoms. The summed E-state index contributed by atoms with van der Waals surface area (Å²) in [4.78, 5) is 38.7. The van der Waals surface area contributed by atoms with Gasteiger partial charge in [0.15, 0.2) is 11.5 Å². The lowest BCUT2D eigenvalue weighted by Crippen LogP contribution is -2.41. The Hall–Kier alpha value is -3.27. The second kappa shape index (κ2) is 8.46. The van der Waals surface area contributed by atoms with Gasteiger partial charge in [-0.2, -0.15) is 5.10 Å². The first-order valence-electron chi connectivity index (χ1n) is 9.64. The number of primary amides is 1. The number of nitrogens with one attached hydrogen (secondary N) is 1. The maximum atomic E-state index is 14.1. The van der Waals surface area contributed by atoms with E-state index in [2.05, 4.69) is 26.3 Å². The molecular formula is C21H19BrFN5O3. The standard InChI is InChI=1S/C21H19BrFN5O3/c22-14-5-3-6-15(19(14)23)25-17(29)10-27(12-8-9-12)18(30)11-28-16-7-2-1-4-13(16)20(26-28)21(24)31/h1-7,12H,8-11H2,(H2,24,31)(H,25,29). The summed E-state index contributed by atoms with van der Waals surface area (Å²) in [5.41, 5.74) is 6.13. The van der Waals surface area contributed by atoms with E-state index >= 15 is 0 Å². The van der Waals surface area contributed by atoms with Crippen LogP contribution in [-0.2, 0) is 16.1 Å². The van der Waals surface area contributed by atoms with Crippen molar-refractivity contribution in [3.63, 3.8) is 0 Å². The Morgan fingerprint density at radius 3 is 2.65 bits per heavy atom. The highest BCUT2D eigenvalue weighted by Gasteiger charge is 2.34. The molecular weight excluding hydrogens is 469 g/mol. The molecule has 0 radical (unpaired) electrons. The summed E-state index contributed by atoms with van der Waals surface area (Å²) >= 11 is 3.08. The largest absolute Gasteiger partial charge is 0.364 e. The van der Waals surface area contributed by atoms with Gasteiger partial charge in [0.05, 0.1) is 15.7 Å². The predicted molar refractivity (Wildman–Crippen MR) is 116 cm³/mol. The normalized spacial score (nSPS) is 13.2. The molecule has 1 aliphatic rings. The van der Waals surface area contributed by atoms with Gasteiger partial charge in [-0.25, -0.2) is 4.39 Å². The van der Waals surface area contributed by atoms with Gasteiger partial charge in [0.1, 0.15) is 13.1 Å². The molecule has 1 fully saturated rings. The second-order valence-corrected chi connectivity index (χ2v) is 8.14. The number of benzene rings is 2. The number of anilines is 1. The Balaban J connectivity index is 1.51. The van der Waals surface area contributed by atoms with Crippen LogP contribution < -0.4 is 11.1 Å². The van der Waals surface area contributed by atoms with Crippen molar-refractivity contribution in [3.05, 3.63) is 58.4 Å². The molecule has 160 valence electrons. The first-order valence-corrected chi connectivity index (χ1v) is 10.4. The molecule has 1 aromatic heterocycles. The summed E-state index contributed by atoms with van der Waals surface area (Å²) in [6.45, 7) is -0.361. The van der Waals surface area contributed by atoms with Gasteiger partial charge < -0.3 is 16.0 Å². The summed E-state index contributed by atoms with van der Waals surface area (Å²) in [5, 5.41) is 7.27. The molecule has 4 rings (SSSR count). The van der Waals surface area contributed by atoms with Crippen molar-refractivity contribution in [2.24, 2.45) is 5.73 Å². The maximum Gasteiger partial charge on any atom is 0.269 e. The first-order chi connectivity index (χ1) is 14.8. The number of nitrogens with zero attached hydrogens (tertiary/aromatic N) is 3. The lowest BCUT2D eigenvalue weighted by Gasteiger charge is -2.22. The highest BCUT2D eigenvalue weighted by atomic mass is 79.9. The third-order valence-electron chi connectivity index (χ3n) is 5.02. The van der Waals surface area contributed by atoms with Gasteiger partial charge in [0.25, 0.3) is 5.91 Å². The Morgan fingerprint density at radius 2 is 1.94 bits per heavy atom. The molecule has 8 nitrogen and oxygen atoms in total. The van der Waals surface area contributed by atoms with Crippen LogP contribution in [0.2, 0.25) is 0 Å². The minimum atomic E-state index is -0.683. The smallest absolute Gasteiger partial charge is 0.269 e. The van der Waals surface area contributed by atoms with E-state index in [4.69, 9.17) is 5.73 Å². The van der Waals surface area contributed by atoms with Crippen LogP contribution in [0.3, 0.4) is 0 Å². The van der Waals surface area contributed by atoms with E-state index in [-0.39, 0.29) is 40.9 Å². The average molecular weight is 488 g/mol. The van der Waals surface area contributed by atoms with Gasteiger partial charge in [-0.15, -0.1) is 0 Å². The van der Waals surface area contributed by atoms with E-state index in [0.717, 1.165) is 12.8 Å². The van der Waals surface area contributed by atoms with E-state index in [1.165, 1.54) is 21.7 Å². The lowest BCUT2D eigenvalue weighted by molar-refractivity contribution is -0.135. The first kappa shape index (κ1) is 21.0. The molecule has 10 heteroatoms. The van der Waals surface area contributed by atoms with Crippen molar-refractivity contribution in [1.82, 2.24) is 14.7 Å². The van der Waals surface area contributed by atoms with Gasteiger partial charge in [0.2, 0.25) is 11.8 Å². The maximum absolute atomic E-state index is 14.1. The number of hydrogen-bond acceptors (Lipinski definition) is 4. The minimum Gasteiger partial charge on any atom is -0.364 e. The molecule has 0 atom stereocenters. The number of halogens is 2. The third-order valence-corrected chi connectivity index (χ3v) is 5.64. The Kier molecular flexibility index (Phi) is 5.73. The van der Waals surface area contributed by atoms with Gasteiger partial charge in [-0.3, -0.25) is 19.1 Å². The number of rotatable bonds is 7. The van der Waals surface area contributed by atoms with E-state index in [0.29, 0.717) is 10.9 Å². The van der Waals surface area contributed by atoms with Crippen molar-refractivity contribution >= 4 is 50.2 Å². The van der Waals surface area contributed by atoms with Crippen molar-refractivity contribution in [1.29, 1.82) is 0 Å². The molecule has 3 N–H and O–H groups in total. The van der Waals surface area contributed by atoms with Gasteiger partial charge in [0, 0.05) is 11.4 Å². The van der Waals surface area contributed by atoms with Gasteiger partial charge in [-0.1, -0.05) is 24.3 Å². The Morgan fingerprint density at radius 1 is 1.19 bits per heavy atom. The summed E-state index contributed by atoms with van der Waals surface area (Å²) in [7, 11) is 0. The van der Waals surface area contributed by atoms with E-state index < -0.39 is 17.6 Å². The molecule has 0 saturated heterocycles. The highest BCUT2D eigenvalue weighted by molar-refractivity contribution is 9.10. The van der Waals surface area contributed by atoms with Crippen LogP contribution in [0.15, 0.2) is 46.9 Å². The number of aromatic nitrogens is 2.